The third-order valence-electron chi connectivity index (χ3n) is 5.56. The molecule has 0 saturated carbocycles. The van der Waals surface area contributed by atoms with Crippen molar-refractivity contribution in [2.24, 2.45) is 0 Å². The Balaban J connectivity index is 2.21. The van der Waals surface area contributed by atoms with Gasteiger partial charge in [0.2, 0.25) is 11.8 Å². The third-order valence-corrected chi connectivity index (χ3v) is 5.56. The highest BCUT2D eigenvalue weighted by Crippen LogP contribution is 2.38. The van der Waals surface area contributed by atoms with Crippen LogP contribution in [-0.4, -0.2) is 62.6 Å². The van der Waals surface area contributed by atoms with Crippen LogP contribution in [0.1, 0.15) is 53.2 Å². The number of aromatic nitrogens is 4. The lowest BCUT2D eigenvalue weighted by atomic mass is 10.0. The monoisotopic (exact) mass is 483 g/mol. The molecule has 12 nitrogen and oxygen atoms in total. The first kappa shape index (κ1) is 25.4. The molecule has 34 heavy (non-hydrogen) atoms. The van der Waals surface area contributed by atoms with Crippen molar-refractivity contribution >= 4 is 29.1 Å². The first-order chi connectivity index (χ1) is 16.1. The number of esters is 2. The molecule has 3 rings (SSSR count). The summed E-state index contributed by atoms with van der Waals surface area (Å²) in [5.74, 6) is -1.49. The van der Waals surface area contributed by atoms with Gasteiger partial charge in [-0.3, -0.25) is 14.2 Å². The molecule has 2 aromatic rings. The van der Waals surface area contributed by atoms with Crippen molar-refractivity contribution < 1.29 is 32.9 Å². The van der Waals surface area contributed by atoms with Gasteiger partial charge in [-0.15, -0.1) is 0 Å². The second-order valence-electron chi connectivity index (χ2n) is 7.99. The number of fused-ring (bicyclic) bond motifs is 1. The maximum absolute atomic E-state index is 15.6. The fourth-order valence-corrected chi connectivity index (χ4v) is 4.12. The van der Waals surface area contributed by atoms with Crippen LogP contribution < -0.4 is 16.2 Å². The highest BCUT2D eigenvalue weighted by molar-refractivity contribution is 5.78. The molecule has 2 aromatic heterocycles. The number of anilines is 1. The van der Waals surface area contributed by atoms with Crippen LogP contribution in [0.2, 0.25) is 0 Å². The number of hydrogen-bond acceptors (Lipinski definition) is 10. The van der Waals surface area contributed by atoms with Crippen LogP contribution in [0.3, 0.4) is 0 Å². The van der Waals surface area contributed by atoms with Gasteiger partial charge in [-0.25, -0.2) is 13.8 Å². The number of ether oxygens (including phenoxy) is 4. The van der Waals surface area contributed by atoms with Gasteiger partial charge in [0.15, 0.2) is 29.7 Å². The second kappa shape index (κ2) is 10.4. The number of hydrogen-bond donors (Lipinski definition) is 1. The number of aryl methyl sites for hydroxylation is 1. The van der Waals surface area contributed by atoms with Gasteiger partial charge in [-0.05, 0) is 12.8 Å². The summed E-state index contributed by atoms with van der Waals surface area (Å²) in [5, 5.41) is 0. The van der Waals surface area contributed by atoms with Crippen molar-refractivity contribution in [3.63, 3.8) is 0 Å². The van der Waals surface area contributed by atoms with Gasteiger partial charge < -0.3 is 24.7 Å². The number of unbranched alkanes of at least 4 members (excludes halogenated alkanes) is 1. The minimum absolute atomic E-state index is 0.0426. The first-order valence-electron chi connectivity index (χ1n) is 11.1. The van der Waals surface area contributed by atoms with Gasteiger partial charge in [-0.2, -0.15) is 9.97 Å². The molecule has 2 N–H and O–H groups in total. The molecule has 0 aromatic carbocycles. The summed E-state index contributed by atoms with van der Waals surface area (Å²) in [7, 11) is 1.37. The molecule has 0 radical (unpaired) electrons. The largest absolute Gasteiger partial charge is 0.479 e. The van der Waals surface area contributed by atoms with Crippen molar-refractivity contribution in [3.8, 4) is 5.88 Å². The fraction of sp³-hybridized carbons (Fsp3) is 0.667. The molecule has 0 bridgehead atoms. The summed E-state index contributed by atoms with van der Waals surface area (Å²) in [4.78, 5) is 45.2. The standard InChI is InChI=1S/C21H30FN5O7/c1-6-8-9-26-14-17(24-20(23)25-18(14)31-5)27(21(26)30)19-16(33-11(4)29)13(22)15(34-19)12(7-2)32-10(3)28/h12-13,15-16,19H,6-9H2,1-5H3,(H2,23,24,25)/t12?,13-,15+,16+,19+/m0/s1. The van der Waals surface area contributed by atoms with E-state index in [1.54, 1.807) is 6.92 Å². The Bertz CT molecular complexity index is 1120. The summed E-state index contributed by atoms with van der Waals surface area (Å²) in [6.07, 6.45) is -5.35. The number of alkyl halides is 1. The maximum atomic E-state index is 15.6. The normalized spacial score (nSPS) is 23.1. The lowest BCUT2D eigenvalue weighted by Crippen LogP contribution is -2.39. The molecule has 3 heterocycles. The lowest BCUT2D eigenvalue weighted by molar-refractivity contribution is -0.159. The molecule has 1 saturated heterocycles. The van der Waals surface area contributed by atoms with Gasteiger partial charge >= 0.3 is 17.6 Å². The number of carbonyl (C=O) groups is 2. The molecule has 0 aliphatic carbocycles. The first-order valence-corrected chi connectivity index (χ1v) is 11.1. The summed E-state index contributed by atoms with van der Waals surface area (Å²) >= 11 is 0. The molecule has 1 aliphatic rings. The van der Waals surface area contributed by atoms with Crippen LogP contribution in [0.5, 0.6) is 5.88 Å². The van der Waals surface area contributed by atoms with Gasteiger partial charge in [0.25, 0.3) is 0 Å². The highest BCUT2D eigenvalue weighted by atomic mass is 19.1. The predicted octanol–water partition coefficient (Wildman–Crippen LogP) is 1.49. The van der Waals surface area contributed by atoms with E-state index >= 15 is 4.39 Å². The molecular formula is C21H30FN5O7. The van der Waals surface area contributed by atoms with Crippen LogP contribution in [-0.2, 0) is 30.3 Å². The molecule has 1 fully saturated rings. The van der Waals surface area contributed by atoms with Crippen molar-refractivity contribution in [3.05, 3.63) is 10.5 Å². The summed E-state index contributed by atoms with van der Waals surface area (Å²) in [6.45, 7) is 6.28. The number of nitrogens with two attached hydrogens (primary N) is 1. The van der Waals surface area contributed by atoms with E-state index in [1.165, 1.54) is 18.6 Å². The number of carbonyl (C=O) groups excluding carboxylic acids is 2. The average Bonchev–Trinajstić information content (AvgIpc) is 3.22. The van der Waals surface area contributed by atoms with Crippen LogP contribution >= 0.6 is 0 Å². The van der Waals surface area contributed by atoms with Crippen molar-refractivity contribution in [1.29, 1.82) is 0 Å². The molecule has 0 amide bonds. The number of methoxy groups -OCH3 is 1. The Labute approximate surface area is 195 Å². The Morgan fingerprint density at radius 2 is 1.94 bits per heavy atom. The second-order valence-corrected chi connectivity index (χ2v) is 7.99. The average molecular weight is 483 g/mol. The van der Waals surface area contributed by atoms with Gasteiger partial charge in [0.1, 0.15) is 12.2 Å². The molecule has 0 spiro atoms. The maximum Gasteiger partial charge on any atom is 0.332 e. The zero-order valence-electron chi connectivity index (χ0n) is 19.8. The van der Waals surface area contributed by atoms with Gasteiger partial charge in [-0.1, -0.05) is 20.3 Å². The van der Waals surface area contributed by atoms with E-state index in [9.17, 15) is 14.4 Å². The number of rotatable bonds is 9. The number of imidazole rings is 1. The third kappa shape index (κ3) is 4.69. The lowest BCUT2D eigenvalue weighted by Gasteiger charge is -2.23. The Kier molecular flexibility index (Phi) is 7.75. The number of nitrogens with zero attached hydrogens (tertiary/aromatic N) is 4. The molecule has 1 unspecified atom stereocenters. The fourth-order valence-electron chi connectivity index (χ4n) is 4.12. The molecular weight excluding hydrogens is 453 g/mol. The molecule has 13 heteroatoms. The highest BCUT2D eigenvalue weighted by Gasteiger charge is 2.53. The minimum Gasteiger partial charge on any atom is -0.479 e. The zero-order chi connectivity index (χ0) is 25.2. The molecule has 5 atom stereocenters. The minimum atomic E-state index is -1.89. The van der Waals surface area contributed by atoms with E-state index in [0.29, 0.717) is 13.0 Å². The van der Waals surface area contributed by atoms with Crippen molar-refractivity contribution in [2.45, 2.75) is 84.2 Å². The topological polar surface area (TPSA) is 150 Å². The SMILES string of the molecule is CCCCn1c(=O)n([C@@H]2O[C@H](C(CC)OC(C)=O)[C@H](F)[C@H]2OC(C)=O)c2nc(N)nc(OC)c21. The number of halogens is 1. The van der Waals surface area contributed by atoms with Crippen LogP contribution in [0, 0.1) is 0 Å². The van der Waals surface area contributed by atoms with Crippen LogP contribution in [0.15, 0.2) is 4.79 Å². The zero-order valence-corrected chi connectivity index (χ0v) is 19.8. The Morgan fingerprint density at radius 3 is 2.50 bits per heavy atom. The van der Waals surface area contributed by atoms with Crippen LogP contribution in [0.4, 0.5) is 10.3 Å². The van der Waals surface area contributed by atoms with E-state index < -0.39 is 48.3 Å². The van der Waals surface area contributed by atoms with E-state index in [1.807, 2.05) is 6.92 Å². The van der Waals surface area contributed by atoms with E-state index in [0.717, 1.165) is 17.9 Å². The Morgan fingerprint density at radius 1 is 1.24 bits per heavy atom. The predicted molar refractivity (Wildman–Crippen MR) is 118 cm³/mol. The molecule has 188 valence electrons. The van der Waals surface area contributed by atoms with Gasteiger partial charge in [0.05, 0.1) is 7.11 Å². The van der Waals surface area contributed by atoms with Crippen molar-refractivity contribution in [1.82, 2.24) is 19.1 Å². The quantitative estimate of drug-likeness (QED) is 0.520. The van der Waals surface area contributed by atoms with E-state index in [4.69, 9.17) is 24.7 Å². The van der Waals surface area contributed by atoms with Crippen molar-refractivity contribution in [2.75, 3.05) is 12.8 Å². The van der Waals surface area contributed by atoms with E-state index in [-0.39, 0.29) is 29.4 Å². The Hall–Kier alpha value is -3.22. The van der Waals surface area contributed by atoms with E-state index in [2.05, 4.69) is 9.97 Å². The number of nitrogen functional groups attached to an aromatic ring is 1. The van der Waals surface area contributed by atoms with Gasteiger partial charge in [0, 0.05) is 20.4 Å². The summed E-state index contributed by atoms with van der Waals surface area (Å²) in [6, 6.07) is 0. The summed E-state index contributed by atoms with van der Waals surface area (Å²) in [5.41, 5.74) is 5.55. The van der Waals surface area contributed by atoms with Crippen LogP contribution in [0.25, 0.3) is 11.2 Å². The summed E-state index contributed by atoms with van der Waals surface area (Å²) < 4.78 is 39.8. The molecule has 1 aliphatic heterocycles. The smallest absolute Gasteiger partial charge is 0.332 e.